The number of hydrogen-bond acceptors (Lipinski definition) is 4. The molecule has 0 saturated carbocycles. The van der Waals surface area contributed by atoms with E-state index in [0.717, 1.165) is 74.2 Å². The highest BCUT2D eigenvalue weighted by molar-refractivity contribution is 6.00. The highest BCUT2D eigenvalue weighted by atomic mass is 19.1. The Morgan fingerprint density at radius 3 is 2.45 bits per heavy atom. The molecule has 7 heteroatoms. The van der Waals surface area contributed by atoms with Gasteiger partial charge in [0, 0.05) is 59.1 Å². The molecule has 4 heterocycles. The van der Waals surface area contributed by atoms with Crippen molar-refractivity contribution in [3.05, 3.63) is 127 Å². The predicted molar refractivity (Wildman–Crippen MR) is 157 cm³/mol. The Morgan fingerprint density at radius 1 is 0.675 bits per heavy atom. The first-order valence-electron chi connectivity index (χ1n) is 13.1. The number of hydrogen-bond donors (Lipinski definition) is 3. The summed E-state index contributed by atoms with van der Waals surface area (Å²) in [6.45, 7) is 1.53. The molecule has 194 valence electrons. The predicted octanol–water partition coefficient (Wildman–Crippen LogP) is 7.26. The fraction of sp³-hybridized carbons (Fsp3) is 0.0606. The van der Waals surface area contributed by atoms with Gasteiger partial charge in [0.15, 0.2) is 0 Å². The highest BCUT2D eigenvalue weighted by Gasteiger charge is 2.15. The fourth-order valence-corrected chi connectivity index (χ4v) is 5.14. The molecule has 0 saturated heterocycles. The number of H-pyrrole nitrogens is 2. The monoisotopic (exact) mass is 524 g/mol. The van der Waals surface area contributed by atoms with Crippen molar-refractivity contribution >= 4 is 21.8 Å². The van der Waals surface area contributed by atoms with E-state index in [1.165, 1.54) is 17.7 Å². The molecule has 0 radical (unpaired) electrons. The number of fused-ring (bicyclic) bond motifs is 2. The molecule has 3 N–H and O–H groups in total. The minimum atomic E-state index is -0.288. The van der Waals surface area contributed by atoms with E-state index in [0.29, 0.717) is 0 Å². The van der Waals surface area contributed by atoms with Gasteiger partial charge in [-0.2, -0.15) is 5.10 Å². The van der Waals surface area contributed by atoms with E-state index in [4.69, 9.17) is 0 Å². The van der Waals surface area contributed by atoms with Crippen LogP contribution in [0.3, 0.4) is 0 Å². The number of pyridine rings is 2. The number of nitrogens with one attached hydrogen (secondary N) is 3. The van der Waals surface area contributed by atoms with Crippen LogP contribution in [-0.4, -0.2) is 25.1 Å². The Bertz CT molecular complexity index is 1960. The molecule has 0 spiro atoms. The second kappa shape index (κ2) is 10.2. The van der Waals surface area contributed by atoms with E-state index in [1.807, 2.05) is 42.7 Å². The quantitative estimate of drug-likeness (QED) is 0.205. The lowest BCUT2D eigenvalue weighted by atomic mass is 10.0. The summed E-state index contributed by atoms with van der Waals surface area (Å²) >= 11 is 0. The van der Waals surface area contributed by atoms with Crippen LogP contribution in [0.25, 0.3) is 55.6 Å². The van der Waals surface area contributed by atoms with E-state index < -0.39 is 0 Å². The van der Waals surface area contributed by atoms with Gasteiger partial charge in [0.25, 0.3) is 0 Å². The van der Waals surface area contributed by atoms with Gasteiger partial charge in [-0.15, -0.1) is 0 Å². The van der Waals surface area contributed by atoms with Gasteiger partial charge in [0.05, 0.1) is 16.9 Å². The molecule has 0 aliphatic rings. The summed E-state index contributed by atoms with van der Waals surface area (Å²) in [6, 6.07) is 29.3. The molecule has 0 aliphatic heterocycles. The van der Waals surface area contributed by atoms with Gasteiger partial charge in [-0.1, -0.05) is 48.5 Å². The molecular weight excluding hydrogens is 499 g/mol. The molecule has 40 heavy (non-hydrogen) atoms. The summed E-state index contributed by atoms with van der Waals surface area (Å²) in [4.78, 5) is 12.5. The zero-order chi connectivity index (χ0) is 26.9. The molecule has 0 fully saturated rings. The fourth-order valence-electron chi connectivity index (χ4n) is 5.14. The normalized spacial score (nSPS) is 11.4. The maximum Gasteiger partial charge on any atom is 0.123 e. The first-order chi connectivity index (χ1) is 19.7. The van der Waals surface area contributed by atoms with Gasteiger partial charge in [-0.25, -0.2) is 4.39 Å². The summed E-state index contributed by atoms with van der Waals surface area (Å²) in [6.07, 6.45) is 5.53. The third kappa shape index (κ3) is 4.63. The summed E-state index contributed by atoms with van der Waals surface area (Å²) in [5.41, 5.74) is 9.46. The first-order valence-corrected chi connectivity index (χ1v) is 13.1. The second-order valence-electron chi connectivity index (χ2n) is 9.82. The maximum absolute atomic E-state index is 13.9. The second-order valence-corrected chi connectivity index (χ2v) is 9.82. The largest absolute Gasteiger partial charge is 0.353 e. The van der Waals surface area contributed by atoms with Gasteiger partial charge in [-0.05, 0) is 59.2 Å². The molecule has 3 aromatic carbocycles. The smallest absolute Gasteiger partial charge is 0.123 e. The van der Waals surface area contributed by atoms with E-state index in [2.05, 4.69) is 72.9 Å². The van der Waals surface area contributed by atoms with Crippen LogP contribution in [0.1, 0.15) is 11.1 Å². The Hall–Kier alpha value is -5.14. The zero-order valence-corrected chi connectivity index (χ0v) is 21.5. The van der Waals surface area contributed by atoms with E-state index >= 15 is 0 Å². The highest BCUT2D eigenvalue weighted by Crippen LogP contribution is 2.34. The van der Waals surface area contributed by atoms with Gasteiger partial charge >= 0.3 is 0 Å². The van der Waals surface area contributed by atoms with Crippen LogP contribution in [0.5, 0.6) is 0 Å². The summed E-state index contributed by atoms with van der Waals surface area (Å²) in [7, 11) is 0. The van der Waals surface area contributed by atoms with Gasteiger partial charge in [0.1, 0.15) is 11.5 Å². The average Bonchev–Trinajstić information content (AvgIpc) is 3.62. The maximum atomic E-state index is 13.9. The van der Waals surface area contributed by atoms with Crippen LogP contribution in [0.15, 0.2) is 110 Å². The van der Waals surface area contributed by atoms with E-state index in [-0.39, 0.29) is 5.82 Å². The van der Waals surface area contributed by atoms with Gasteiger partial charge in [-0.3, -0.25) is 15.1 Å². The Balaban J connectivity index is 1.20. The van der Waals surface area contributed by atoms with Crippen LogP contribution in [0.4, 0.5) is 4.39 Å². The van der Waals surface area contributed by atoms with Crippen molar-refractivity contribution in [2.75, 3.05) is 0 Å². The molecule has 7 aromatic rings. The van der Waals surface area contributed by atoms with Gasteiger partial charge < -0.3 is 10.3 Å². The molecule has 0 atom stereocenters. The average molecular weight is 525 g/mol. The van der Waals surface area contributed by atoms with Crippen LogP contribution in [0, 0.1) is 5.82 Å². The van der Waals surface area contributed by atoms with Crippen LogP contribution < -0.4 is 5.32 Å². The lowest BCUT2D eigenvalue weighted by Crippen LogP contribution is -2.12. The van der Waals surface area contributed by atoms with Crippen molar-refractivity contribution in [2.24, 2.45) is 0 Å². The topological polar surface area (TPSA) is 82.3 Å². The number of halogens is 1. The number of benzene rings is 3. The van der Waals surface area contributed by atoms with Crippen molar-refractivity contribution in [2.45, 2.75) is 13.1 Å². The molecule has 0 unspecified atom stereocenters. The van der Waals surface area contributed by atoms with Crippen LogP contribution in [0.2, 0.25) is 0 Å². The number of nitrogens with zero attached hydrogens (tertiary/aromatic N) is 3. The van der Waals surface area contributed by atoms with Crippen molar-refractivity contribution in [1.82, 2.24) is 30.5 Å². The minimum Gasteiger partial charge on any atom is -0.353 e. The third-order valence-corrected chi connectivity index (χ3v) is 7.09. The SMILES string of the molecule is Fc1cccc(-c2nccc3[nH]c(-c4n[nH]c5ccc(-c6cncc(CNCc7ccccc7)c6)cc45)cc23)c1. The van der Waals surface area contributed by atoms with Crippen molar-refractivity contribution in [1.29, 1.82) is 0 Å². The van der Waals surface area contributed by atoms with Crippen molar-refractivity contribution < 1.29 is 4.39 Å². The van der Waals surface area contributed by atoms with E-state index in [9.17, 15) is 4.39 Å². The molecule has 0 aliphatic carbocycles. The minimum absolute atomic E-state index is 0.288. The summed E-state index contributed by atoms with van der Waals surface area (Å²) in [5.74, 6) is -0.288. The number of aromatic nitrogens is 5. The van der Waals surface area contributed by atoms with Crippen LogP contribution in [-0.2, 0) is 13.1 Å². The van der Waals surface area contributed by atoms with Gasteiger partial charge in [0.2, 0.25) is 0 Å². The first kappa shape index (κ1) is 23.9. The number of aromatic amines is 2. The molecule has 6 nitrogen and oxygen atoms in total. The van der Waals surface area contributed by atoms with Crippen LogP contribution >= 0.6 is 0 Å². The molecule has 7 rings (SSSR count). The third-order valence-electron chi connectivity index (χ3n) is 7.09. The molecule has 0 bridgehead atoms. The lowest BCUT2D eigenvalue weighted by Gasteiger charge is -2.08. The summed E-state index contributed by atoms with van der Waals surface area (Å²) in [5, 5.41) is 13.2. The lowest BCUT2D eigenvalue weighted by molar-refractivity contribution is 0.628. The zero-order valence-electron chi connectivity index (χ0n) is 21.5. The molecule has 0 amide bonds. The van der Waals surface area contributed by atoms with E-state index in [1.54, 1.807) is 12.3 Å². The Kier molecular flexibility index (Phi) is 6.11. The van der Waals surface area contributed by atoms with Crippen molar-refractivity contribution in [3.8, 4) is 33.8 Å². The molecule has 4 aromatic heterocycles. The van der Waals surface area contributed by atoms with Crippen molar-refractivity contribution in [3.63, 3.8) is 0 Å². The Labute approximate surface area is 230 Å². The number of rotatable bonds is 7. The summed E-state index contributed by atoms with van der Waals surface area (Å²) < 4.78 is 13.9. The Morgan fingerprint density at radius 2 is 1.55 bits per heavy atom. The molecular formula is C33H25FN6. The standard InChI is InChI=1S/C33H25FN6/c34-26-8-4-7-24(14-26)32-28-16-31(38-29(28)11-12-37-32)33-27-15-23(9-10-30(27)39-40-33)25-13-22(19-36-20-25)18-35-17-21-5-2-1-3-6-21/h1-16,19-20,35,38H,17-18H2,(H,39,40).